The average molecular weight is 475 g/mol. The second-order valence-electron chi connectivity index (χ2n) is 6.71. The monoisotopic (exact) mass is 474 g/mol. The Morgan fingerprint density at radius 2 is 1.83 bits per heavy atom. The lowest BCUT2D eigenvalue weighted by Crippen LogP contribution is -2.41. The van der Waals surface area contributed by atoms with Gasteiger partial charge in [0.05, 0.1) is 22.0 Å². The molecule has 0 aromatic heterocycles. The summed E-state index contributed by atoms with van der Waals surface area (Å²) in [7, 11) is -3.58. The molecule has 0 heterocycles. The maximum Gasteiger partial charge on any atom is 0.240 e. The summed E-state index contributed by atoms with van der Waals surface area (Å²) in [5.74, 6) is 1.09. The molecule has 2 rings (SSSR count). The van der Waals surface area contributed by atoms with Crippen LogP contribution in [0.5, 0.6) is 0 Å². The summed E-state index contributed by atoms with van der Waals surface area (Å²) in [6.45, 7) is 3.96. The topological polar surface area (TPSA) is 66.5 Å². The Morgan fingerprint density at radius 3 is 2.45 bits per heavy atom. The van der Waals surface area contributed by atoms with E-state index < -0.39 is 10.0 Å². The first-order valence-electron chi connectivity index (χ1n) is 8.91. The van der Waals surface area contributed by atoms with E-state index in [-0.39, 0.29) is 12.5 Å². The first kappa shape index (κ1) is 23.9. The molecule has 29 heavy (non-hydrogen) atoms. The molecule has 0 radical (unpaired) electrons. The molecule has 0 spiro atoms. The number of amides is 1. The van der Waals surface area contributed by atoms with Gasteiger partial charge in [0.2, 0.25) is 15.9 Å². The van der Waals surface area contributed by atoms with Crippen LogP contribution in [0.1, 0.15) is 16.7 Å². The SMILES string of the molecule is Cc1ccc(N(CC(=O)NCCSCc2ccc(Cl)c(Cl)c2)S(C)(=O)=O)c(C)c1. The Morgan fingerprint density at radius 1 is 1.10 bits per heavy atom. The van der Waals surface area contributed by atoms with E-state index in [1.54, 1.807) is 23.9 Å². The number of benzene rings is 2. The number of hydrogen-bond acceptors (Lipinski definition) is 4. The van der Waals surface area contributed by atoms with Gasteiger partial charge in [-0.1, -0.05) is 47.0 Å². The van der Waals surface area contributed by atoms with Crippen molar-refractivity contribution in [3.63, 3.8) is 0 Å². The van der Waals surface area contributed by atoms with E-state index in [4.69, 9.17) is 23.2 Å². The number of aryl methyl sites for hydroxylation is 2. The largest absolute Gasteiger partial charge is 0.354 e. The van der Waals surface area contributed by atoms with Gasteiger partial charge in [0.25, 0.3) is 0 Å². The second-order valence-corrected chi connectivity index (χ2v) is 10.5. The third kappa shape index (κ3) is 7.41. The van der Waals surface area contributed by atoms with Crippen molar-refractivity contribution < 1.29 is 13.2 Å². The number of rotatable bonds is 9. The number of hydrogen-bond donors (Lipinski definition) is 1. The van der Waals surface area contributed by atoms with E-state index in [2.05, 4.69) is 5.32 Å². The minimum absolute atomic E-state index is 0.250. The van der Waals surface area contributed by atoms with Crippen molar-refractivity contribution >= 4 is 56.6 Å². The van der Waals surface area contributed by atoms with E-state index in [9.17, 15) is 13.2 Å². The highest BCUT2D eigenvalue weighted by atomic mass is 35.5. The van der Waals surface area contributed by atoms with Crippen molar-refractivity contribution in [1.82, 2.24) is 5.32 Å². The average Bonchev–Trinajstić information content (AvgIpc) is 2.62. The molecule has 2 aromatic carbocycles. The number of thioether (sulfide) groups is 1. The van der Waals surface area contributed by atoms with Crippen LogP contribution in [0.25, 0.3) is 0 Å². The number of carbonyl (C=O) groups is 1. The molecule has 0 aliphatic heterocycles. The third-order valence-corrected chi connectivity index (χ3v) is 7.03. The third-order valence-electron chi connectivity index (χ3n) is 4.13. The lowest BCUT2D eigenvalue weighted by atomic mass is 10.1. The Hall–Kier alpha value is -1.41. The van der Waals surface area contributed by atoms with Crippen LogP contribution in [0.4, 0.5) is 5.69 Å². The molecule has 1 N–H and O–H groups in total. The van der Waals surface area contributed by atoms with Gasteiger partial charge in [-0.3, -0.25) is 9.10 Å². The molecule has 0 saturated heterocycles. The van der Waals surface area contributed by atoms with Crippen molar-refractivity contribution in [1.29, 1.82) is 0 Å². The second kappa shape index (κ2) is 10.6. The zero-order valence-electron chi connectivity index (χ0n) is 16.5. The van der Waals surface area contributed by atoms with Crippen LogP contribution < -0.4 is 9.62 Å². The molecule has 0 fully saturated rings. The van der Waals surface area contributed by atoms with Crippen molar-refractivity contribution in [2.45, 2.75) is 19.6 Å². The maximum atomic E-state index is 12.3. The minimum Gasteiger partial charge on any atom is -0.354 e. The van der Waals surface area contributed by atoms with Crippen molar-refractivity contribution in [3.8, 4) is 0 Å². The zero-order chi connectivity index (χ0) is 21.6. The summed E-state index contributed by atoms with van der Waals surface area (Å²) in [6.07, 6.45) is 1.10. The zero-order valence-corrected chi connectivity index (χ0v) is 19.7. The van der Waals surface area contributed by atoms with Crippen molar-refractivity contribution in [3.05, 3.63) is 63.1 Å². The predicted octanol–water partition coefficient (Wildman–Crippen LogP) is 4.43. The molecule has 2 aromatic rings. The number of nitrogens with one attached hydrogen (secondary N) is 1. The molecule has 5 nitrogen and oxygen atoms in total. The molecule has 0 aliphatic carbocycles. The predicted molar refractivity (Wildman–Crippen MR) is 124 cm³/mol. The van der Waals surface area contributed by atoms with Gasteiger partial charge in [-0.25, -0.2) is 8.42 Å². The standard InChI is InChI=1S/C20H24Cl2N2O3S2/c1-14-4-7-19(15(2)10-14)24(29(3,26)27)12-20(25)23-8-9-28-13-16-5-6-17(21)18(22)11-16/h4-7,10-11H,8-9,12-13H2,1-3H3,(H,23,25). The van der Waals surface area contributed by atoms with Gasteiger partial charge < -0.3 is 5.32 Å². The Labute approximate surface area is 186 Å². The summed E-state index contributed by atoms with van der Waals surface area (Å²) in [4.78, 5) is 12.3. The van der Waals surface area contributed by atoms with Crippen LogP contribution >= 0.6 is 35.0 Å². The van der Waals surface area contributed by atoms with Crippen LogP contribution in [-0.2, 0) is 20.6 Å². The summed E-state index contributed by atoms with van der Waals surface area (Å²) >= 11 is 13.5. The van der Waals surface area contributed by atoms with Crippen molar-refractivity contribution in [2.75, 3.05) is 29.4 Å². The van der Waals surface area contributed by atoms with Gasteiger partial charge in [-0.15, -0.1) is 0 Å². The number of nitrogens with zero attached hydrogens (tertiary/aromatic N) is 1. The van der Waals surface area contributed by atoms with Crippen LogP contribution in [-0.4, -0.2) is 39.4 Å². The Balaban J connectivity index is 1.86. The van der Waals surface area contributed by atoms with Gasteiger partial charge >= 0.3 is 0 Å². The molecular formula is C20H24Cl2N2O3S2. The minimum atomic E-state index is -3.58. The van der Waals surface area contributed by atoms with Gasteiger partial charge in [0.15, 0.2) is 0 Å². The fourth-order valence-electron chi connectivity index (χ4n) is 2.73. The van der Waals surface area contributed by atoms with E-state index in [1.165, 1.54) is 0 Å². The van der Waals surface area contributed by atoms with Gasteiger partial charge in [0, 0.05) is 18.1 Å². The smallest absolute Gasteiger partial charge is 0.240 e. The maximum absolute atomic E-state index is 12.3. The van der Waals surface area contributed by atoms with Crippen LogP contribution in [0.3, 0.4) is 0 Å². The van der Waals surface area contributed by atoms with E-state index >= 15 is 0 Å². The molecular weight excluding hydrogens is 451 g/mol. The summed E-state index contributed by atoms with van der Waals surface area (Å²) < 4.78 is 25.6. The first-order chi connectivity index (χ1) is 13.6. The van der Waals surface area contributed by atoms with Gasteiger partial charge in [-0.05, 0) is 43.2 Å². The summed E-state index contributed by atoms with van der Waals surface area (Å²) in [6, 6.07) is 10.9. The van der Waals surface area contributed by atoms with Gasteiger partial charge in [0.1, 0.15) is 6.54 Å². The van der Waals surface area contributed by atoms with E-state index in [0.29, 0.717) is 28.0 Å². The molecule has 1 amide bonds. The van der Waals surface area contributed by atoms with Crippen molar-refractivity contribution in [2.24, 2.45) is 0 Å². The fourth-order valence-corrected chi connectivity index (χ4v) is 4.78. The highest BCUT2D eigenvalue weighted by molar-refractivity contribution is 7.98. The van der Waals surface area contributed by atoms with E-state index in [1.807, 2.05) is 38.1 Å². The molecule has 0 unspecified atom stereocenters. The summed E-state index contributed by atoms with van der Waals surface area (Å²) in [5, 5.41) is 3.82. The van der Waals surface area contributed by atoms with Crippen LogP contribution in [0.15, 0.2) is 36.4 Å². The van der Waals surface area contributed by atoms with Gasteiger partial charge in [-0.2, -0.15) is 11.8 Å². The first-order valence-corrected chi connectivity index (χ1v) is 12.7. The highest BCUT2D eigenvalue weighted by Gasteiger charge is 2.22. The lowest BCUT2D eigenvalue weighted by Gasteiger charge is -2.24. The fraction of sp³-hybridized carbons (Fsp3) is 0.350. The normalized spacial score (nSPS) is 11.3. The highest BCUT2D eigenvalue weighted by Crippen LogP contribution is 2.25. The molecule has 0 atom stereocenters. The van der Waals surface area contributed by atoms with E-state index in [0.717, 1.165) is 33.0 Å². The molecule has 0 aliphatic rings. The molecule has 0 bridgehead atoms. The number of sulfonamides is 1. The van der Waals surface area contributed by atoms with Crippen LogP contribution in [0.2, 0.25) is 10.0 Å². The molecule has 9 heteroatoms. The number of anilines is 1. The lowest BCUT2D eigenvalue weighted by molar-refractivity contribution is -0.119. The summed E-state index contributed by atoms with van der Waals surface area (Å²) in [5.41, 5.74) is 3.40. The molecule has 158 valence electrons. The Kier molecular flexibility index (Phi) is 8.70. The van der Waals surface area contributed by atoms with Crippen LogP contribution in [0, 0.1) is 13.8 Å². The number of halogens is 2. The quantitative estimate of drug-likeness (QED) is 0.545. The molecule has 0 saturated carbocycles. The Bertz CT molecular complexity index is 982. The number of carbonyl (C=O) groups excluding carboxylic acids is 1.